The van der Waals surface area contributed by atoms with E-state index in [1.807, 2.05) is 5.32 Å². The van der Waals surface area contributed by atoms with Crippen LogP contribution in [0, 0.1) is 5.82 Å². The van der Waals surface area contributed by atoms with Crippen LogP contribution in [0.2, 0.25) is 5.02 Å². The molecular weight excluding hydrogens is 553 g/mol. The first kappa shape index (κ1) is 29.4. The predicted molar refractivity (Wildman–Crippen MR) is 130 cm³/mol. The molecular formula is C25H21ClF5N3O5. The summed E-state index contributed by atoms with van der Waals surface area (Å²) in [5.74, 6) is -2.63. The molecule has 0 aliphatic rings. The number of rotatable bonds is 10. The summed E-state index contributed by atoms with van der Waals surface area (Å²) in [5.41, 5.74) is -0.555. The number of carbonyl (C=O) groups excluding carboxylic acids is 2. The highest BCUT2D eigenvalue weighted by atomic mass is 35.5. The third-order valence-electron chi connectivity index (χ3n) is 5.41. The standard InChI is InChI=1S/C25H21ClF5N3O5/c1-37-18-7-8-20(34-22(18)13-3-5-16(27)15(26)9-13)24(28,25(29,30)31)12-33-23(36)14-4-6-17(19(10-14)38-2)39-11-21(32)35/h3-10H,11-12H2,1-2H3,(H2,32,35)(H,33,36). The van der Waals surface area contributed by atoms with Gasteiger partial charge in [0.05, 0.1) is 31.5 Å². The molecule has 0 saturated heterocycles. The summed E-state index contributed by atoms with van der Waals surface area (Å²) in [7, 11) is 2.45. The molecule has 14 heteroatoms. The Labute approximate surface area is 223 Å². The van der Waals surface area contributed by atoms with Crippen molar-refractivity contribution >= 4 is 23.4 Å². The number of carbonyl (C=O) groups is 2. The number of nitrogens with one attached hydrogen (secondary N) is 1. The summed E-state index contributed by atoms with van der Waals surface area (Å²) in [6.07, 6.45) is -5.51. The first-order chi connectivity index (χ1) is 18.3. The molecule has 3 N–H and O–H groups in total. The van der Waals surface area contributed by atoms with Crippen LogP contribution in [0.3, 0.4) is 0 Å². The van der Waals surface area contributed by atoms with Gasteiger partial charge >= 0.3 is 6.18 Å². The molecule has 3 aromatic rings. The molecule has 0 bridgehead atoms. The lowest BCUT2D eigenvalue weighted by molar-refractivity contribution is -0.234. The third kappa shape index (κ3) is 6.48. The number of benzene rings is 2. The second kappa shape index (κ2) is 11.7. The summed E-state index contributed by atoms with van der Waals surface area (Å²) in [6, 6.07) is 8.61. The van der Waals surface area contributed by atoms with Crippen molar-refractivity contribution < 1.29 is 45.8 Å². The van der Waals surface area contributed by atoms with Crippen LogP contribution in [0.4, 0.5) is 22.0 Å². The molecule has 208 valence electrons. The SMILES string of the molecule is COc1cc(C(=O)NCC(F)(c2ccc(OC)c(-c3ccc(F)c(Cl)c3)n2)C(F)(F)F)ccc1OCC(N)=O. The number of ether oxygens (including phenoxy) is 3. The quantitative estimate of drug-likeness (QED) is 0.343. The molecule has 0 aliphatic carbocycles. The number of nitrogens with zero attached hydrogens (tertiary/aromatic N) is 1. The van der Waals surface area contributed by atoms with Gasteiger partial charge in [-0.15, -0.1) is 0 Å². The molecule has 39 heavy (non-hydrogen) atoms. The number of amides is 2. The number of alkyl halides is 4. The van der Waals surface area contributed by atoms with E-state index in [2.05, 4.69) is 4.98 Å². The Morgan fingerprint density at radius 3 is 2.23 bits per heavy atom. The van der Waals surface area contributed by atoms with Gasteiger partial charge in [0.1, 0.15) is 17.3 Å². The van der Waals surface area contributed by atoms with Gasteiger partial charge in [0.25, 0.3) is 17.5 Å². The lowest BCUT2D eigenvalue weighted by Crippen LogP contribution is -2.48. The summed E-state index contributed by atoms with van der Waals surface area (Å²) in [4.78, 5) is 27.4. The van der Waals surface area contributed by atoms with Gasteiger partial charge in [-0.1, -0.05) is 11.6 Å². The molecule has 1 atom stereocenters. The maximum absolute atomic E-state index is 15.7. The van der Waals surface area contributed by atoms with Crippen molar-refractivity contribution in [2.75, 3.05) is 27.4 Å². The van der Waals surface area contributed by atoms with Crippen LogP contribution >= 0.6 is 11.6 Å². The number of methoxy groups -OCH3 is 2. The Hall–Kier alpha value is -4.13. The minimum absolute atomic E-state index is 0.0225. The highest BCUT2D eigenvalue weighted by Gasteiger charge is 2.58. The number of primary amides is 1. The Bertz CT molecular complexity index is 1390. The fraction of sp³-hybridized carbons (Fsp3) is 0.240. The Kier molecular flexibility index (Phi) is 8.85. The van der Waals surface area contributed by atoms with Crippen molar-refractivity contribution in [3.8, 4) is 28.5 Å². The van der Waals surface area contributed by atoms with E-state index in [1.165, 1.54) is 32.4 Å². The van der Waals surface area contributed by atoms with Crippen molar-refractivity contribution in [3.63, 3.8) is 0 Å². The molecule has 0 spiro atoms. The van der Waals surface area contributed by atoms with Crippen LogP contribution in [-0.2, 0) is 10.5 Å². The van der Waals surface area contributed by atoms with E-state index in [1.54, 1.807) is 0 Å². The number of hydrogen-bond donors (Lipinski definition) is 2. The van der Waals surface area contributed by atoms with E-state index >= 15 is 4.39 Å². The number of aromatic nitrogens is 1. The van der Waals surface area contributed by atoms with E-state index in [0.29, 0.717) is 0 Å². The van der Waals surface area contributed by atoms with Gasteiger partial charge < -0.3 is 25.3 Å². The lowest BCUT2D eigenvalue weighted by Gasteiger charge is -2.28. The maximum Gasteiger partial charge on any atom is 0.430 e. The van der Waals surface area contributed by atoms with Gasteiger partial charge in [0.2, 0.25) is 0 Å². The largest absolute Gasteiger partial charge is 0.494 e. The molecule has 0 saturated carbocycles. The van der Waals surface area contributed by atoms with E-state index in [4.69, 9.17) is 31.5 Å². The van der Waals surface area contributed by atoms with Crippen LogP contribution in [0.25, 0.3) is 11.3 Å². The highest BCUT2D eigenvalue weighted by Crippen LogP contribution is 2.43. The Morgan fingerprint density at radius 1 is 0.974 bits per heavy atom. The Morgan fingerprint density at radius 2 is 1.64 bits per heavy atom. The predicted octanol–water partition coefficient (Wildman–Crippen LogP) is 4.58. The summed E-state index contributed by atoms with van der Waals surface area (Å²) in [5, 5.41) is 1.59. The first-order valence-electron chi connectivity index (χ1n) is 10.9. The minimum Gasteiger partial charge on any atom is -0.494 e. The topological polar surface area (TPSA) is 113 Å². The van der Waals surface area contributed by atoms with E-state index in [-0.39, 0.29) is 39.1 Å². The molecule has 1 unspecified atom stereocenters. The zero-order valence-corrected chi connectivity index (χ0v) is 21.1. The van der Waals surface area contributed by atoms with Crippen molar-refractivity contribution in [2.24, 2.45) is 5.73 Å². The monoisotopic (exact) mass is 573 g/mol. The average Bonchev–Trinajstić information content (AvgIpc) is 2.90. The van der Waals surface area contributed by atoms with Crippen molar-refractivity contribution in [1.82, 2.24) is 10.3 Å². The molecule has 2 aromatic carbocycles. The Balaban J connectivity index is 1.93. The van der Waals surface area contributed by atoms with Crippen LogP contribution in [0.1, 0.15) is 16.1 Å². The fourth-order valence-electron chi connectivity index (χ4n) is 3.40. The van der Waals surface area contributed by atoms with Crippen molar-refractivity contribution in [2.45, 2.75) is 11.8 Å². The molecule has 0 aliphatic heterocycles. The van der Waals surface area contributed by atoms with E-state index < -0.39 is 48.3 Å². The molecule has 1 heterocycles. The summed E-state index contributed by atoms with van der Waals surface area (Å²) < 4.78 is 86.8. The number of nitrogens with two attached hydrogens (primary N) is 1. The first-order valence-corrected chi connectivity index (χ1v) is 11.3. The van der Waals surface area contributed by atoms with Crippen molar-refractivity contribution in [1.29, 1.82) is 0 Å². The van der Waals surface area contributed by atoms with Crippen LogP contribution in [0.15, 0.2) is 48.5 Å². The van der Waals surface area contributed by atoms with Gasteiger partial charge in [-0.3, -0.25) is 9.59 Å². The van der Waals surface area contributed by atoms with Gasteiger partial charge in [0, 0.05) is 11.1 Å². The number of halogens is 6. The normalized spacial score (nSPS) is 12.8. The van der Waals surface area contributed by atoms with E-state index in [9.17, 15) is 27.2 Å². The molecule has 3 rings (SSSR count). The summed E-state index contributed by atoms with van der Waals surface area (Å²) in [6.45, 7) is -2.03. The summed E-state index contributed by atoms with van der Waals surface area (Å²) >= 11 is 5.78. The molecule has 0 fully saturated rings. The van der Waals surface area contributed by atoms with Gasteiger partial charge in [-0.25, -0.2) is 13.8 Å². The zero-order valence-electron chi connectivity index (χ0n) is 20.4. The lowest BCUT2D eigenvalue weighted by atomic mass is 9.98. The van der Waals surface area contributed by atoms with Crippen molar-refractivity contribution in [3.05, 3.63) is 70.6 Å². The van der Waals surface area contributed by atoms with Crippen LogP contribution < -0.4 is 25.3 Å². The van der Waals surface area contributed by atoms with Gasteiger partial charge in [0.15, 0.2) is 18.1 Å². The van der Waals surface area contributed by atoms with Crippen LogP contribution in [0.5, 0.6) is 17.2 Å². The minimum atomic E-state index is -5.51. The maximum atomic E-state index is 15.7. The zero-order chi connectivity index (χ0) is 29.0. The fourth-order valence-corrected chi connectivity index (χ4v) is 3.58. The number of pyridine rings is 1. The van der Waals surface area contributed by atoms with Gasteiger partial charge in [-0.05, 0) is 48.5 Å². The van der Waals surface area contributed by atoms with E-state index in [0.717, 1.165) is 30.3 Å². The number of hydrogen-bond acceptors (Lipinski definition) is 6. The third-order valence-corrected chi connectivity index (χ3v) is 5.70. The smallest absolute Gasteiger partial charge is 0.430 e. The molecule has 2 amide bonds. The highest BCUT2D eigenvalue weighted by molar-refractivity contribution is 6.31. The molecule has 1 aromatic heterocycles. The second-order valence-electron chi connectivity index (χ2n) is 7.98. The average molecular weight is 574 g/mol. The van der Waals surface area contributed by atoms with Crippen LogP contribution in [-0.4, -0.2) is 50.3 Å². The molecule has 8 nitrogen and oxygen atoms in total. The second-order valence-corrected chi connectivity index (χ2v) is 8.39. The molecule has 0 radical (unpaired) electrons. The van der Waals surface area contributed by atoms with Gasteiger partial charge in [-0.2, -0.15) is 13.2 Å².